The third kappa shape index (κ3) is 4.65. The molecule has 2 fully saturated rings. The third-order valence-electron chi connectivity index (χ3n) is 6.28. The number of carbonyl (C=O) groups excluding carboxylic acids is 2. The second-order valence-corrected chi connectivity index (χ2v) is 7.85. The van der Waals surface area contributed by atoms with Gasteiger partial charge in [-0.3, -0.25) is 9.59 Å². The molecule has 1 saturated heterocycles. The maximum Gasteiger partial charge on any atom is 0.225 e. The lowest BCUT2D eigenvalue weighted by atomic mass is 9.80. The van der Waals surface area contributed by atoms with Crippen LogP contribution in [0.1, 0.15) is 39.5 Å². The van der Waals surface area contributed by atoms with Crippen molar-refractivity contribution in [2.75, 3.05) is 44.2 Å². The molecule has 0 radical (unpaired) electrons. The van der Waals surface area contributed by atoms with Crippen LogP contribution in [0.15, 0.2) is 24.3 Å². The van der Waals surface area contributed by atoms with Crippen molar-refractivity contribution in [2.45, 2.75) is 39.5 Å². The first-order valence-corrected chi connectivity index (χ1v) is 10.6. The third-order valence-corrected chi connectivity index (χ3v) is 6.28. The van der Waals surface area contributed by atoms with Gasteiger partial charge in [-0.15, -0.1) is 0 Å². The average Bonchev–Trinajstić information content (AvgIpc) is 2.75. The van der Waals surface area contributed by atoms with E-state index >= 15 is 0 Å². The van der Waals surface area contributed by atoms with Gasteiger partial charge in [0.1, 0.15) is 5.82 Å². The Morgan fingerprint density at radius 2 is 1.46 bits per heavy atom. The van der Waals surface area contributed by atoms with E-state index in [1.165, 1.54) is 12.1 Å². The van der Waals surface area contributed by atoms with Crippen LogP contribution >= 0.6 is 0 Å². The Morgan fingerprint density at radius 1 is 0.929 bits per heavy atom. The molecule has 0 N–H and O–H groups in total. The van der Waals surface area contributed by atoms with E-state index in [0.717, 1.165) is 57.5 Å². The van der Waals surface area contributed by atoms with E-state index in [4.69, 9.17) is 0 Å². The fraction of sp³-hybridized carbons (Fsp3) is 0.636. The Morgan fingerprint density at radius 3 is 2.00 bits per heavy atom. The number of hydrogen-bond acceptors (Lipinski definition) is 3. The molecule has 1 aromatic carbocycles. The summed E-state index contributed by atoms with van der Waals surface area (Å²) in [7, 11) is 0. The molecule has 1 saturated carbocycles. The van der Waals surface area contributed by atoms with Crippen molar-refractivity contribution in [3.05, 3.63) is 30.1 Å². The molecule has 5 nitrogen and oxygen atoms in total. The van der Waals surface area contributed by atoms with Crippen LogP contribution in [0.5, 0.6) is 0 Å². The van der Waals surface area contributed by atoms with E-state index in [1.807, 2.05) is 23.6 Å². The summed E-state index contributed by atoms with van der Waals surface area (Å²) < 4.78 is 13.1. The molecular formula is C22H32FN3O2. The maximum absolute atomic E-state index is 13.1. The van der Waals surface area contributed by atoms with Gasteiger partial charge in [0.15, 0.2) is 0 Å². The van der Waals surface area contributed by atoms with Gasteiger partial charge in [0.05, 0.1) is 0 Å². The van der Waals surface area contributed by atoms with Crippen LogP contribution in [0.4, 0.5) is 10.1 Å². The van der Waals surface area contributed by atoms with Gasteiger partial charge >= 0.3 is 0 Å². The van der Waals surface area contributed by atoms with Crippen molar-refractivity contribution in [1.29, 1.82) is 0 Å². The molecule has 0 unspecified atom stereocenters. The minimum atomic E-state index is -0.229. The number of anilines is 1. The summed E-state index contributed by atoms with van der Waals surface area (Å²) in [5.74, 6) is 0.404. The normalized spacial score (nSPS) is 22.8. The summed E-state index contributed by atoms with van der Waals surface area (Å²) in [6.45, 7) is 8.49. The molecule has 0 bridgehead atoms. The average molecular weight is 390 g/mol. The molecule has 1 heterocycles. The number of rotatable bonds is 5. The minimum absolute atomic E-state index is 0.0538. The lowest BCUT2D eigenvalue weighted by Gasteiger charge is -2.39. The summed E-state index contributed by atoms with van der Waals surface area (Å²) in [5, 5.41) is 0. The lowest BCUT2D eigenvalue weighted by Crippen LogP contribution is -2.51. The van der Waals surface area contributed by atoms with Crippen molar-refractivity contribution in [3.63, 3.8) is 0 Å². The molecule has 6 heteroatoms. The molecule has 154 valence electrons. The second-order valence-electron chi connectivity index (χ2n) is 7.85. The topological polar surface area (TPSA) is 43.9 Å². The van der Waals surface area contributed by atoms with E-state index in [0.29, 0.717) is 13.1 Å². The summed E-state index contributed by atoms with van der Waals surface area (Å²) >= 11 is 0. The molecule has 28 heavy (non-hydrogen) atoms. The Hall–Kier alpha value is -2.11. The first-order valence-electron chi connectivity index (χ1n) is 10.6. The molecule has 1 aromatic rings. The number of hydrogen-bond donors (Lipinski definition) is 0. The number of carbonyl (C=O) groups is 2. The Labute approximate surface area is 167 Å². The van der Waals surface area contributed by atoms with Gasteiger partial charge < -0.3 is 14.7 Å². The van der Waals surface area contributed by atoms with Crippen molar-refractivity contribution >= 4 is 17.5 Å². The van der Waals surface area contributed by atoms with Gasteiger partial charge in [0.2, 0.25) is 11.8 Å². The monoisotopic (exact) mass is 389 g/mol. The fourth-order valence-corrected chi connectivity index (χ4v) is 4.48. The highest BCUT2D eigenvalue weighted by atomic mass is 19.1. The van der Waals surface area contributed by atoms with Gasteiger partial charge in [-0.2, -0.15) is 0 Å². The number of halogens is 1. The van der Waals surface area contributed by atoms with Crippen molar-refractivity contribution in [2.24, 2.45) is 11.8 Å². The van der Waals surface area contributed by atoms with Crippen LogP contribution in [0.2, 0.25) is 0 Å². The van der Waals surface area contributed by atoms with Gasteiger partial charge in [-0.1, -0.05) is 0 Å². The SMILES string of the molecule is CCN(CC)C(=O)C1CCC(C(=O)N2CCN(c3ccc(F)cc3)CC2)CC1. The van der Waals surface area contributed by atoms with Crippen LogP contribution in [0.25, 0.3) is 0 Å². The maximum atomic E-state index is 13.1. The molecule has 1 aliphatic carbocycles. The number of nitrogens with zero attached hydrogens (tertiary/aromatic N) is 3. The van der Waals surface area contributed by atoms with E-state index in [9.17, 15) is 14.0 Å². The summed E-state index contributed by atoms with van der Waals surface area (Å²) in [6.07, 6.45) is 3.27. The van der Waals surface area contributed by atoms with E-state index < -0.39 is 0 Å². The number of amides is 2. The number of piperazine rings is 1. The Kier molecular flexibility index (Phi) is 6.92. The quantitative estimate of drug-likeness (QED) is 0.777. The predicted octanol–water partition coefficient (Wildman–Crippen LogP) is 3.15. The summed E-state index contributed by atoms with van der Waals surface area (Å²) in [4.78, 5) is 31.5. The van der Waals surface area contributed by atoms with Crippen LogP contribution in [0, 0.1) is 17.7 Å². The molecule has 1 aliphatic heterocycles. The first-order chi connectivity index (χ1) is 13.5. The summed E-state index contributed by atoms with van der Waals surface area (Å²) in [6, 6.07) is 6.54. The Bertz CT molecular complexity index is 659. The van der Waals surface area contributed by atoms with Gasteiger partial charge in [0, 0.05) is 56.8 Å². The van der Waals surface area contributed by atoms with Crippen molar-refractivity contribution < 1.29 is 14.0 Å². The Balaban J connectivity index is 1.47. The van der Waals surface area contributed by atoms with Gasteiger partial charge in [-0.25, -0.2) is 4.39 Å². The summed E-state index contributed by atoms with van der Waals surface area (Å²) in [5.41, 5.74) is 1.00. The van der Waals surface area contributed by atoms with E-state index in [1.54, 1.807) is 12.1 Å². The molecule has 0 atom stereocenters. The molecular weight excluding hydrogens is 357 g/mol. The number of benzene rings is 1. The smallest absolute Gasteiger partial charge is 0.225 e. The largest absolute Gasteiger partial charge is 0.368 e. The predicted molar refractivity (Wildman–Crippen MR) is 109 cm³/mol. The second kappa shape index (κ2) is 9.39. The fourth-order valence-electron chi connectivity index (χ4n) is 4.48. The van der Waals surface area contributed by atoms with Crippen LogP contribution in [-0.2, 0) is 9.59 Å². The zero-order valence-corrected chi connectivity index (χ0v) is 17.1. The van der Waals surface area contributed by atoms with Gasteiger partial charge in [0.25, 0.3) is 0 Å². The van der Waals surface area contributed by atoms with Crippen LogP contribution in [-0.4, -0.2) is 60.9 Å². The first kappa shape index (κ1) is 20.6. The molecule has 0 spiro atoms. The highest BCUT2D eigenvalue weighted by molar-refractivity contribution is 5.81. The standard InChI is InChI=1S/C22H32FN3O2/c1-3-24(4-2)21(27)17-5-7-18(8-6-17)22(28)26-15-13-25(14-16-26)20-11-9-19(23)10-12-20/h9-12,17-18H,3-8,13-16H2,1-2H3. The van der Waals surface area contributed by atoms with Crippen LogP contribution < -0.4 is 4.90 Å². The molecule has 2 aliphatic rings. The highest BCUT2D eigenvalue weighted by Gasteiger charge is 2.34. The van der Waals surface area contributed by atoms with E-state index in [-0.39, 0.29) is 29.5 Å². The molecule has 2 amide bonds. The zero-order valence-electron chi connectivity index (χ0n) is 17.1. The van der Waals surface area contributed by atoms with Crippen molar-refractivity contribution in [3.8, 4) is 0 Å². The molecule has 3 rings (SSSR count). The van der Waals surface area contributed by atoms with E-state index in [2.05, 4.69) is 4.90 Å². The lowest BCUT2D eigenvalue weighted by molar-refractivity contribution is -0.141. The van der Waals surface area contributed by atoms with Crippen molar-refractivity contribution in [1.82, 2.24) is 9.80 Å². The van der Waals surface area contributed by atoms with Crippen LogP contribution in [0.3, 0.4) is 0 Å². The zero-order chi connectivity index (χ0) is 20.1. The van der Waals surface area contributed by atoms with Gasteiger partial charge in [-0.05, 0) is 63.8 Å². The highest BCUT2D eigenvalue weighted by Crippen LogP contribution is 2.31. The minimum Gasteiger partial charge on any atom is -0.368 e. The molecule has 0 aromatic heterocycles.